The summed E-state index contributed by atoms with van der Waals surface area (Å²) in [7, 11) is 0. The Morgan fingerprint density at radius 1 is 1.09 bits per heavy atom. The van der Waals surface area contributed by atoms with Gasteiger partial charge in [0.05, 0.1) is 12.3 Å². The number of aliphatic carboxylic acids is 1. The van der Waals surface area contributed by atoms with Gasteiger partial charge in [0.1, 0.15) is 12.6 Å². The fourth-order valence-electron chi connectivity index (χ4n) is 4.99. The normalized spacial score (nSPS) is 15.9. The number of ketones is 2. The van der Waals surface area contributed by atoms with E-state index in [2.05, 4.69) is 5.32 Å². The Bertz CT molecular complexity index is 1390. The van der Waals surface area contributed by atoms with Crippen LogP contribution in [0.25, 0.3) is 0 Å². The lowest BCUT2D eigenvalue weighted by molar-refractivity contribution is -0.146. The van der Waals surface area contributed by atoms with Gasteiger partial charge in [0.15, 0.2) is 23.2 Å². The number of carboxylic acid groups (broad SMARTS) is 1. The van der Waals surface area contributed by atoms with Gasteiger partial charge in [-0.3, -0.25) is 24.0 Å². The SMILES string of the molecule is Cc1cc(F)c(F)c(OCC(=O)[C@H](CC(=O)O)NC(=O)[C@@H]2CCCN(C(=O)C(=O)Cc3ccccc3C(C)(C)C)C2)c1F. The van der Waals surface area contributed by atoms with Gasteiger partial charge in [0.25, 0.3) is 5.91 Å². The van der Waals surface area contributed by atoms with Gasteiger partial charge in [0.2, 0.25) is 17.5 Å². The Labute approximate surface area is 247 Å². The van der Waals surface area contributed by atoms with Crippen molar-refractivity contribution in [3.63, 3.8) is 0 Å². The zero-order valence-corrected chi connectivity index (χ0v) is 24.5. The lowest BCUT2D eigenvalue weighted by atomic mass is 9.82. The molecular formula is C31H35F3N2O7. The first-order valence-corrected chi connectivity index (χ1v) is 13.8. The van der Waals surface area contributed by atoms with Crippen molar-refractivity contribution < 1.29 is 47.0 Å². The predicted molar refractivity (Wildman–Crippen MR) is 149 cm³/mol. The van der Waals surface area contributed by atoms with E-state index < -0.39 is 77.5 Å². The first-order valence-electron chi connectivity index (χ1n) is 13.8. The van der Waals surface area contributed by atoms with E-state index in [0.717, 1.165) is 18.1 Å². The number of likely N-dealkylation sites (tertiary alicyclic amines) is 1. The number of rotatable bonds is 11. The van der Waals surface area contributed by atoms with Crippen LogP contribution >= 0.6 is 0 Å². The molecule has 43 heavy (non-hydrogen) atoms. The highest BCUT2D eigenvalue weighted by atomic mass is 19.2. The van der Waals surface area contributed by atoms with Crippen molar-refractivity contribution >= 4 is 29.4 Å². The summed E-state index contributed by atoms with van der Waals surface area (Å²) in [5, 5.41) is 11.6. The number of hydrogen-bond donors (Lipinski definition) is 2. The third-order valence-electron chi connectivity index (χ3n) is 7.23. The lowest BCUT2D eigenvalue weighted by Gasteiger charge is -2.32. The third-order valence-corrected chi connectivity index (χ3v) is 7.23. The molecule has 0 aliphatic carbocycles. The van der Waals surface area contributed by atoms with Crippen LogP contribution in [0.15, 0.2) is 30.3 Å². The van der Waals surface area contributed by atoms with Crippen LogP contribution in [0.5, 0.6) is 5.75 Å². The average Bonchev–Trinajstić information content (AvgIpc) is 2.94. The molecule has 1 saturated heterocycles. The molecule has 0 aromatic heterocycles. The van der Waals surface area contributed by atoms with E-state index >= 15 is 0 Å². The molecule has 2 aromatic carbocycles. The molecule has 9 nitrogen and oxygen atoms in total. The van der Waals surface area contributed by atoms with E-state index in [1.54, 1.807) is 12.1 Å². The molecule has 1 heterocycles. The third kappa shape index (κ3) is 8.42. The number of piperidine rings is 1. The van der Waals surface area contributed by atoms with Gasteiger partial charge in [-0.2, -0.15) is 4.39 Å². The Hall–Kier alpha value is -4.22. The monoisotopic (exact) mass is 604 g/mol. The molecule has 0 spiro atoms. The number of carbonyl (C=O) groups excluding carboxylic acids is 4. The molecule has 1 aliphatic heterocycles. The van der Waals surface area contributed by atoms with Crippen LogP contribution in [-0.4, -0.2) is 65.1 Å². The fraction of sp³-hybridized carbons (Fsp3) is 0.452. The minimum atomic E-state index is -1.65. The quantitative estimate of drug-likeness (QED) is 0.296. The van der Waals surface area contributed by atoms with E-state index in [1.807, 2.05) is 32.9 Å². The molecule has 0 unspecified atom stereocenters. The first-order chi connectivity index (χ1) is 20.1. The summed E-state index contributed by atoms with van der Waals surface area (Å²) in [6.07, 6.45) is -0.281. The Morgan fingerprint density at radius 2 is 1.77 bits per heavy atom. The summed E-state index contributed by atoms with van der Waals surface area (Å²) in [5.74, 6) is -10.9. The molecular weight excluding hydrogens is 569 g/mol. The molecule has 1 aliphatic rings. The molecule has 0 bridgehead atoms. The molecule has 2 aromatic rings. The van der Waals surface area contributed by atoms with Crippen molar-refractivity contribution in [3.05, 3.63) is 64.5 Å². The van der Waals surface area contributed by atoms with Crippen molar-refractivity contribution in [2.45, 2.75) is 64.8 Å². The van der Waals surface area contributed by atoms with E-state index in [0.29, 0.717) is 18.9 Å². The van der Waals surface area contributed by atoms with E-state index in [1.165, 1.54) is 4.90 Å². The summed E-state index contributed by atoms with van der Waals surface area (Å²) >= 11 is 0. The minimum absolute atomic E-state index is 0.110. The molecule has 0 radical (unpaired) electrons. The standard InChI is InChI=1S/C31H35F3N2O7/c1-17-12-21(32)27(34)28(26(17)33)43-16-24(38)22(14-25(39)40)35-29(41)19-9-7-11-36(15-19)30(42)23(37)13-18-8-5-6-10-20(18)31(2,3)4/h5-6,8,10,12,19,22H,7,9,11,13-16H2,1-4H3,(H,35,41)(H,39,40)/t19-,22+/m1/s1. The average molecular weight is 605 g/mol. The molecule has 232 valence electrons. The second-order valence-corrected chi connectivity index (χ2v) is 11.6. The van der Waals surface area contributed by atoms with Gasteiger partial charge in [-0.25, -0.2) is 8.78 Å². The maximum absolute atomic E-state index is 14.2. The zero-order chi connectivity index (χ0) is 32.1. The zero-order valence-electron chi connectivity index (χ0n) is 24.5. The summed E-state index contributed by atoms with van der Waals surface area (Å²) < 4.78 is 46.8. The number of amides is 2. The summed E-state index contributed by atoms with van der Waals surface area (Å²) in [4.78, 5) is 64.4. The summed E-state index contributed by atoms with van der Waals surface area (Å²) in [5.41, 5.74) is 1.14. The minimum Gasteiger partial charge on any atom is -0.481 e. The second kappa shape index (κ2) is 13.8. The van der Waals surface area contributed by atoms with Crippen molar-refractivity contribution in [1.29, 1.82) is 0 Å². The molecule has 2 atom stereocenters. The van der Waals surface area contributed by atoms with Crippen LogP contribution in [-0.2, 0) is 35.8 Å². The fourth-order valence-corrected chi connectivity index (χ4v) is 4.99. The smallest absolute Gasteiger partial charge is 0.305 e. The maximum Gasteiger partial charge on any atom is 0.305 e. The highest BCUT2D eigenvalue weighted by Crippen LogP contribution is 2.28. The lowest BCUT2D eigenvalue weighted by Crippen LogP contribution is -2.51. The summed E-state index contributed by atoms with van der Waals surface area (Å²) in [6, 6.07) is 6.32. The topological polar surface area (TPSA) is 130 Å². The number of benzene rings is 2. The number of carbonyl (C=O) groups is 5. The Morgan fingerprint density at radius 3 is 2.42 bits per heavy atom. The Kier molecular flexibility index (Phi) is 10.7. The molecule has 3 rings (SSSR count). The highest BCUT2D eigenvalue weighted by molar-refractivity contribution is 6.36. The van der Waals surface area contributed by atoms with Gasteiger partial charge < -0.3 is 20.1 Å². The van der Waals surface area contributed by atoms with Crippen LogP contribution in [0.4, 0.5) is 13.2 Å². The highest BCUT2D eigenvalue weighted by Gasteiger charge is 2.34. The van der Waals surface area contributed by atoms with Crippen molar-refractivity contribution in [3.8, 4) is 5.75 Å². The number of nitrogens with one attached hydrogen (secondary N) is 1. The van der Waals surface area contributed by atoms with Gasteiger partial charge in [-0.15, -0.1) is 0 Å². The van der Waals surface area contributed by atoms with E-state index in [-0.39, 0.29) is 30.5 Å². The van der Waals surface area contributed by atoms with Crippen LogP contribution in [0, 0.1) is 30.3 Å². The molecule has 0 saturated carbocycles. The van der Waals surface area contributed by atoms with Crippen molar-refractivity contribution in [2.24, 2.45) is 5.92 Å². The number of aryl methyl sites for hydroxylation is 1. The van der Waals surface area contributed by atoms with Gasteiger partial charge in [-0.05, 0) is 47.9 Å². The molecule has 12 heteroatoms. The number of halogens is 3. The number of ether oxygens (including phenoxy) is 1. The van der Waals surface area contributed by atoms with Crippen LogP contribution in [0.2, 0.25) is 0 Å². The second-order valence-electron chi connectivity index (χ2n) is 11.6. The number of Topliss-reactive ketones (excluding diaryl/α,β-unsaturated/α-hetero) is 2. The van der Waals surface area contributed by atoms with Gasteiger partial charge in [0, 0.05) is 19.5 Å². The predicted octanol–water partition coefficient (Wildman–Crippen LogP) is 3.67. The summed E-state index contributed by atoms with van der Waals surface area (Å²) in [6.45, 7) is 6.23. The van der Waals surface area contributed by atoms with E-state index in [4.69, 9.17) is 4.74 Å². The molecule has 2 N–H and O–H groups in total. The maximum atomic E-state index is 14.2. The van der Waals surface area contributed by atoms with Crippen LogP contribution in [0.1, 0.15) is 56.7 Å². The van der Waals surface area contributed by atoms with Crippen molar-refractivity contribution in [1.82, 2.24) is 10.2 Å². The number of hydrogen-bond acceptors (Lipinski definition) is 6. The first kappa shape index (κ1) is 33.3. The number of nitrogens with zero attached hydrogens (tertiary/aromatic N) is 1. The van der Waals surface area contributed by atoms with Crippen LogP contribution in [0.3, 0.4) is 0 Å². The van der Waals surface area contributed by atoms with Gasteiger partial charge >= 0.3 is 5.97 Å². The molecule has 1 fully saturated rings. The van der Waals surface area contributed by atoms with Gasteiger partial charge in [-0.1, -0.05) is 45.0 Å². The molecule has 2 amide bonds. The Balaban J connectivity index is 1.66. The van der Waals surface area contributed by atoms with Crippen LogP contribution < -0.4 is 10.1 Å². The largest absolute Gasteiger partial charge is 0.481 e. The number of carboxylic acids is 1. The van der Waals surface area contributed by atoms with E-state index in [9.17, 15) is 42.3 Å². The van der Waals surface area contributed by atoms with Crippen molar-refractivity contribution in [2.75, 3.05) is 19.7 Å².